The maximum Gasteiger partial charge on any atom is 0.305 e. The van der Waals surface area contributed by atoms with Gasteiger partial charge in [-0.15, -0.1) is 11.3 Å². The van der Waals surface area contributed by atoms with Crippen molar-refractivity contribution in [1.82, 2.24) is 4.90 Å². The number of amides is 1. The number of morpholine rings is 1. The number of rotatable bonds is 3. The molecule has 1 aliphatic rings. The highest BCUT2D eigenvalue weighted by molar-refractivity contribution is 7.10. The zero-order valence-electron chi connectivity index (χ0n) is 11.0. The third-order valence-corrected chi connectivity index (χ3v) is 4.43. The second kappa shape index (κ2) is 5.71. The molecule has 0 bridgehead atoms. The van der Waals surface area contributed by atoms with Gasteiger partial charge < -0.3 is 14.7 Å². The summed E-state index contributed by atoms with van der Waals surface area (Å²) in [7, 11) is 0. The fourth-order valence-corrected chi connectivity index (χ4v) is 3.03. The molecule has 1 aliphatic heterocycles. The van der Waals surface area contributed by atoms with Crippen LogP contribution in [0.25, 0.3) is 0 Å². The highest BCUT2D eigenvalue weighted by atomic mass is 32.1. The topological polar surface area (TPSA) is 66.8 Å². The van der Waals surface area contributed by atoms with Gasteiger partial charge in [0.05, 0.1) is 31.2 Å². The molecule has 1 fully saturated rings. The van der Waals surface area contributed by atoms with Gasteiger partial charge in [0.25, 0.3) is 5.91 Å². The van der Waals surface area contributed by atoms with Crippen molar-refractivity contribution in [3.63, 3.8) is 0 Å². The molecule has 0 spiro atoms. The van der Waals surface area contributed by atoms with Crippen LogP contribution in [0.1, 0.15) is 27.2 Å². The Morgan fingerprint density at radius 1 is 1.53 bits per heavy atom. The minimum atomic E-state index is -0.911. The predicted octanol–water partition coefficient (Wildman–Crippen LogP) is 1.68. The van der Waals surface area contributed by atoms with E-state index in [2.05, 4.69) is 0 Å². The van der Waals surface area contributed by atoms with Crippen LogP contribution in [0.15, 0.2) is 5.38 Å². The van der Waals surface area contributed by atoms with Crippen LogP contribution >= 0.6 is 11.3 Å². The number of aryl methyl sites for hydroxylation is 1. The Hall–Kier alpha value is -1.40. The van der Waals surface area contributed by atoms with E-state index in [1.54, 1.807) is 16.2 Å². The first kappa shape index (κ1) is 14.0. The molecule has 0 saturated carbocycles. The summed E-state index contributed by atoms with van der Waals surface area (Å²) in [6, 6.07) is -0.377. The van der Waals surface area contributed by atoms with Gasteiger partial charge in [-0.3, -0.25) is 9.59 Å². The number of carbonyl (C=O) groups excluding carboxylic acids is 1. The first-order valence-corrected chi connectivity index (χ1v) is 7.04. The Labute approximate surface area is 115 Å². The molecule has 19 heavy (non-hydrogen) atoms. The predicted molar refractivity (Wildman–Crippen MR) is 71.7 cm³/mol. The van der Waals surface area contributed by atoms with Crippen LogP contribution in [0.4, 0.5) is 0 Å². The monoisotopic (exact) mass is 283 g/mol. The molecule has 0 aromatic carbocycles. The molecule has 104 valence electrons. The molecule has 1 aromatic rings. The number of aliphatic carboxylic acids is 1. The molecular weight excluding hydrogens is 266 g/mol. The second-order valence-corrected chi connectivity index (χ2v) is 5.74. The van der Waals surface area contributed by atoms with E-state index in [0.717, 1.165) is 10.4 Å². The van der Waals surface area contributed by atoms with Gasteiger partial charge in [0.2, 0.25) is 0 Å². The van der Waals surface area contributed by atoms with Gasteiger partial charge in [0, 0.05) is 16.8 Å². The minimum absolute atomic E-state index is 0.0755. The third kappa shape index (κ3) is 2.96. The third-order valence-electron chi connectivity index (χ3n) is 3.41. The van der Waals surface area contributed by atoms with Crippen LogP contribution in [0.5, 0.6) is 0 Å². The Bertz CT molecular complexity index is 497. The van der Waals surface area contributed by atoms with Crippen molar-refractivity contribution in [1.29, 1.82) is 0 Å². The van der Waals surface area contributed by atoms with E-state index in [1.165, 1.54) is 0 Å². The normalized spacial score (nSPS) is 19.5. The molecule has 1 amide bonds. The zero-order valence-corrected chi connectivity index (χ0v) is 11.8. The van der Waals surface area contributed by atoms with Crippen LogP contribution in [-0.2, 0) is 9.53 Å². The van der Waals surface area contributed by atoms with E-state index in [1.807, 2.05) is 19.2 Å². The smallest absolute Gasteiger partial charge is 0.305 e. The van der Waals surface area contributed by atoms with E-state index < -0.39 is 5.97 Å². The standard InChI is InChI=1S/C13H17NO4S/c1-8-9(2)19-7-11(8)13(17)14-3-4-18-6-10(14)5-12(15)16/h7,10H,3-6H2,1-2H3,(H,15,16)/t10-/m1/s1. The molecule has 0 radical (unpaired) electrons. The molecule has 0 aliphatic carbocycles. The van der Waals surface area contributed by atoms with Gasteiger partial charge in [0.1, 0.15) is 0 Å². The van der Waals surface area contributed by atoms with Crippen molar-refractivity contribution in [2.24, 2.45) is 0 Å². The van der Waals surface area contributed by atoms with Crippen molar-refractivity contribution in [2.45, 2.75) is 26.3 Å². The van der Waals surface area contributed by atoms with Crippen molar-refractivity contribution < 1.29 is 19.4 Å². The molecule has 1 atom stereocenters. The lowest BCUT2D eigenvalue weighted by atomic mass is 10.1. The number of nitrogens with zero attached hydrogens (tertiary/aromatic N) is 1. The minimum Gasteiger partial charge on any atom is -0.481 e. The van der Waals surface area contributed by atoms with E-state index in [9.17, 15) is 9.59 Å². The average Bonchev–Trinajstić information content (AvgIpc) is 2.69. The van der Waals surface area contributed by atoms with Crippen molar-refractivity contribution >= 4 is 23.2 Å². The molecule has 2 rings (SSSR count). The number of thiophene rings is 1. The summed E-state index contributed by atoms with van der Waals surface area (Å²) in [4.78, 5) is 26.1. The highest BCUT2D eigenvalue weighted by Crippen LogP contribution is 2.24. The number of carbonyl (C=O) groups is 2. The van der Waals surface area contributed by atoms with Gasteiger partial charge in [-0.25, -0.2) is 0 Å². The van der Waals surface area contributed by atoms with Crippen LogP contribution in [0.3, 0.4) is 0 Å². The summed E-state index contributed by atoms with van der Waals surface area (Å²) in [5.41, 5.74) is 1.66. The van der Waals surface area contributed by atoms with Gasteiger partial charge in [-0.1, -0.05) is 0 Å². The van der Waals surface area contributed by atoms with Gasteiger partial charge in [-0.05, 0) is 19.4 Å². The molecule has 5 nitrogen and oxygen atoms in total. The lowest BCUT2D eigenvalue weighted by Crippen LogP contribution is -2.49. The van der Waals surface area contributed by atoms with Gasteiger partial charge in [0.15, 0.2) is 0 Å². The molecule has 6 heteroatoms. The lowest BCUT2D eigenvalue weighted by Gasteiger charge is -2.34. The number of hydrogen-bond acceptors (Lipinski definition) is 4. The SMILES string of the molecule is Cc1scc(C(=O)N2CCOC[C@H]2CC(=O)O)c1C. The molecule has 1 saturated heterocycles. The first-order valence-electron chi connectivity index (χ1n) is 6.16. The lowest BCUT2D eigenvalue weighted by molar-refractivity contribution is -0.139. The zero-order chi connectivity index (χ0) is 14.0. The quantitative estimate of drug-likeness (QED) is 0.916. The number of hydrogen-bond donors (Lipinski definition) is 1. The highest BCUT2D eigenvalue weighted by Gasteiger charge is 2.30. The van der Waals surface area contributed by atoms with Crippen molar-refractivity contribution in [3.05, 3.63) is 21.4 Å². The maximum atomic E-state index is 12.5. The summed E-state index contributed by atoms with van der Waals surface area (Å²) in [6.07, 6.45) is -0.0755. The van der Waals surface area contributed by atoms with Crippen LogP contribution in [0.2, 0.25) is 0 Å². The van der Waals surface area contributed by atoms with Crippen LogP contribution < -0.4 is 0 Å². The summed E-state index contributed by atoms with van der Waals surface area (Å²) in [6.45, 7) is 5.10. The van der Waals surface area contributed by atoms with Crippen molar-refractivity contribution in [2.75, 3.05) is 19.8 Å². The van der Waals surface area contributed by atoms with E-state index in [0.29, 0.717) is 25.3 Å². The first-order chi connectivity index (χ1) is 9.00. The molecule has 2 heterocycles. The van der Waals surface area contributed by atoms with E-state index >= 15 is 0 Å². The van der Waals surface area contributed by atoms with Crippen LogP contribution in [0, 0.1) is 13.8 Å². The van der Waals surface area contributed by atoms with Crippen molar-refractivity contribution in [3.8, 4) is 0 Å². The Morgan fingerprint density at radius 3 is 2.84 bits per heavy atom. The summed E-state index contributed by atoms with van der Waals surface area (Å²) in [5, 5.41) is 10.8. The molecule has 0 unspecified atom stereocenters. The number of ether oxygens (including phenoxy) is 1. The Kier molecular flexibility index (Phi) is 4.21. The number of carboxylic acids is 1. The van der Waals surface area contributed by atoms with E-state index in [-0.39, 0.29) is 18.4 Å². The van der Waals surface area contributed by atoms with Gasteiger partial charge in [-0.2, -0.15) is 0 Å². The molecule has 1 N–H and O–H groups in total. The summed E-state index contributed by atoms with van der Waals surface area (Å²) >= 11 is 1.54. The maximum absolute atomic E-state index is 12.5. The average molecular weight is 283 g/mol. The number of carboxylic acid groups (broad SMARTS) is 1. The summed E-state index contributed by atoms with van der Waals surface area (Å²) < 4.78 is 5.28. The Balaban J connectivity index is 2.20. The van der Waals surface area contributed by atoms with Gasteiger partial charge >= 0.3 is 5.97 Å². The summed E-state index contributed by atoms with van der Waals surface area (Å²) in [5.74, 6) is -0.997. The van der Waals surface area contributed by atoms with E-state index in [4.69, 9.17) is 9.84 Å². The second-order valence-electron chi connectivity index (χ2n) is 4.66. The van der Waals surface area contributed by atoms with Crippen LogP contribution in [-0.4, -0.2) is 47.7 Å². The fourth-order valence-electron chi connectivity index (χ4n) is 2.17. The Morgan fingerprint density at radius 2 is 2.26 bits per heavy atom. The largest absolute Gasteiger partial charge is 0.481 e. The molecular formula is C13H17NO4S. The fraction of sp³-hybridized carbons (Fsp3) is 0.538. The molecule has 1 aromatic heterocycles.